The van der Waals surface area contributed by atoms with Gasteiger partial charge in [0.2, 0.25) is 0 Å². The Bertz CT molecular complexity index is 181. The number of hydrogen-bond donors (Lipinski definition) is 1. The molecule has 1 N–H and O–H groups in total. The molecule has 0 bridgehead atoms. The van der Waals surface area contributed by atoms with Crippen molar-refractivity contribution in [2.75, 3.05) is 26.7 Å². The Balaban J connectivity index is 1.63. The van der Waals surface area contributed by atoms with E-state index in [9.17, 15) is 0 Å². The molecule has 0 aromatic heterocycles. The Labute approximate surface area is 101 Å². The van der Waals surface area contributed by atoms with E-state index in [1.54, 1.807) is 0 Å². The van der Waals surface area contributed by atoms with Gasteiger partial charge in [-0.1, -0.05) is 19.3 Å². The number of piperidine rings is 1. The summed E-state index contributed by atoms with van der Waals surface area (Å²) in [5.41, 5.74) is 0. The molecular weight excluding hydrogens is 196 g/mol. The molecule has 1 saturated carbocycles. The molecule has 1 aliphatic heterocycles. The zero-order valence-corrected chi connectivity index (χ0v) is 10.9. The van der Waals surface area contributed by atoms with E-state index in [0.717, 1.165) is 12.0 Å². The molecule has 2 heteroatoms. The zero-order chi connectivity index (χ0) is 11.2. The van der Waals surface area contributed by atoms with Crippen molar-refractivity contribution in [3.05, 3.63) is 0 Å². The van der Waals surface area contributed by atoms with Crippen LogP contribution in [0, 0.1) is 5.92 Å². The van der Waals surface area contributed by atoms with Crippen LogP contribution in [0.2, 0.25) is 0 Å². The summed E-state index contributed by atoms with van der Waals surface area (Å²) < 4.78 is 0. The van der Waals surface area contributed by atoms with Gasteiger partial charge in [-0.05, 0) is 64.7 Å². The summed E-state index contributed by atoms with van der Waals surface area (Å²) in [6, 6.07) is 0.894. The first-order valence-corrected chi connectivity index (χ1v) is 7.27. The third kappa shape index (κ3) is 3.74. The molecule has 2 nitrogen and oxygen atoms in total. The summed E-state index contributed by atoms with van der Waals surface area (Å²) in [5.74, 6) is 0.944. The molecule has 1 aliphatic carbocycles. The van der Waals surface area contributed by atoms with Crippen LogP contribution in [0.5, 0.6) is 0 Å². The van der Waals surface area contributed by atoms with E-state index in [2.05, 4.69) is 17.3 Å². The van der Waals surface area contributed by atoms with Gasteiger partial charge in [-0.3, -0.25) is 0 Å². The number of rotatable bonds is 4. The van der Waals surface area contributed by atoms with Crippen LogP contribution in [-0.4, -0.2) is 37.6 Å². The highest BCUT2D eigenvalue weighted by atomic mass is 15.1. The van der Waals surface area contributed by atoms with Gasteiger partial charge in [0, 0.05) is 6.04 Å². The fourth-order valence-corrected chi connectivity index (χ4v) is 3.26. The average molecular weight is 224 g/mol. The van der Waals surface area contributed by atoms with E-state index >= 15 is 0 Å². The lowest BCUT2D eigenvalue weighted by atomic mass is 9.92. The normalized spacial score (nSPS) is 28.5. The quantitative estimate of drug-likeness (QED) is 0.790. The Morgan fingerprint density at radius 3 is 2.56 bits per heavy atom. The van der Waals surface area contributed by atoms with E-state index in [4.69, 9.17) is 0 Å². The number of hydrogen-bond acceptors (Lipinski definition) is 2. The third-order valence-corrected chi connectivity index (χ3v) is 4.49. The van der Waals surface area contributed by atoms with E-state index in [-0.39, 0.29) is 0 Å². The first-order valence-electron chi connectivity index (χ1n) is 7.27. The predicted molar refractivity (Wildman–Crippen MR) is 69.7 cm³/mol. The molecule has 2 fully saturated rings. The maximum absolute atomic E-state index is 3.52. The van der Waals surface area contributed by atoms with Crippen LogP contribution >= 0.6 is 0 Å². The molecule has 1 heterocycles. The van der Waals surface area contributed by atoms with Gasteiger partial charge in [-0.25, -0.2) is 0 Å². The van der Waals surface area contributed by atoms with E-state index < -0.39 is 0 Å². The Kier molecular flexibility index (Phi) is 5.11. The summed E-state index contributed by atoms with van der Waals surface area (Å²) in [4.78, 5) is 2.63. The molecule has 0 amide bonds. The van der Waals surface area contributed by atoms with Gasteiger partial charge in [0.15, 0.2) is 0 Å². The Hall–Kier alpha value is -0.0800. The van der Waals surface area contributed by atoms with E-state index in [1.807, 2.05) is 0 Å². The van der Waals surface area contributed by atoms with Crippen LogP contribution in [0.3, 0.4) is 0 Å². The topological polar surface area (TPSA) is 15.3 Å². The maximum atomic E-state index is 3.52. The average Bonchev–Trinajstić information content (AvgIpc) is 2.38. The second-order valence-corrected chi connectivity index (χ2v) is 5.77. The number of nitrogens with one attached hydrogen (secondary N) is 1. The molecule has 0 unspecified atom stereocenters. The minimum absolute atomic E-state index is 0.894. The Morgan fingerprint density at radius 1 is 1.06 bits per heavy atom. The predicted octanol–water partition coefficient (Wildman–Crippen LogP) is 2.64. The SMILES string of the molecule is CN(CC[C@@H]1CCCNC1)C1CCCCC1. The molecule has 0 aromatic carbocycles. The molecule has 16 heavy (non-hydrogen) atoms. The highest BCUT2D eigenvalue weighted by molar-refractivity contribution is 4.75. The van der Waals surface area contributed by atoms with E-state index in [0.29, 0.717) is 0 Å². The smallest absolute Gasteiger partial charge is 0.00922 e. The zero-order valence-electron chi connectivity index (χ0n) is 10.9. The van der Waals surface area contributed by atoms with Crippen LogP contribution < -0.4 is 5.32 Å². The van der Waals surface area contributed by atoms with Crippen LogP contribution in [0.15, 0.2) is 0 Å². The molecule has 0 radical (unpaired) electrons. The molecule has 1 atom stereocenters. The van der Waals surface area contributed by atoms with Crippen molar-refractivity contribution < 1.29 is 0 Å². The van der Waals surface area contributed by atoms with Crippen LogP contribution in [-0.2, 0) is 0 Å². The van der Waals surface area contributed by atoms with E-state index in [1.165, 1.54) is 71.0 Å². The lowest BCUT2D eigenvalue weighted by Crippen LogP contribution is -2.37. The highest BCUT2D eigenvalue weighted by Crippen LogP contribution is 2.22. The number of nitrogens with zero attached hydrogens (tertiary/aromatic N) is 1. The molecule has 2 rings (SSSR count). The largest absolute Gasteiger partial charge is 0.316 e. The van der Waals surface area contributed by atoms with Crippen molar-refractivity contribution in [1.29, 1.82) is 0 Å². The van der Waals surface area contributed by atoms with Crippen LogP contribution in [0.1, 0.15) is 51.4 Å². The molecule has 0 aromatic rings. The van der Waals surface area contributed by atoms with Crippen molar-refractivity contribution in [3.8, 4) is 0 Å². The van der Waals surface area contributed by atoms with Crippen molar-refractivity contribution in [3.63, 3.8) is 0 Å². The maximum Gasteiger partial charge on any atom is 0.00922 e. The minimum Gasteiger partial charge on any atom is -0.316 e. The van der Waals surface area contributed by atoms with Crippen LogP contribution in [0.4, 0.5) is 0 Å². The molecule has 2 aliphatic rings. The van der Waals surface area contributed by atoms with Gasteiger partial charge in [-0.15, -0.1) is 0 Å². The van der Waals surface area contributed by atoms with Gasteiger partial charge in [0.25, 0.3) is 0 Å². The molecule has 0 spiro atoms. The first-order chi connectivity index (χ1) is 7.86. The summed E-state index contributed by atoms with van der Waals surface area (Å²) >= 11 is 0. The van der Waals surface area contributed by atoms with Gasteiger partial charge < -0.3 is 10.2 Å². The second kappa shape index (κ2) is 6.61. The fraction of sp³-hybridized carbons (Fsp3) is 1.00. The summed E-state index contributed by atoms with van der Waals surface area (Å²) in [5, 5.41) is 3.52. The fourth-order valence-electron chi connectivity index (χ4n) is 3.26. The van der Waals surface area contributed by atoms with Gasteiger partial charge in [0.05, 0.1) is 0 Å². The molecule has 1 saturated heterocycles. The van der Waals surface area contributed by atoms with Crippen molar-refractivity contribution in [2.24, 2.45) is 5.92 Å². The lowest BCUT2D eigenvalue weighted by molar-refractivity contribution is 0.175. The summed E-state index contributed by atoms with van der Waals surface area (Å²) in [6.45, 7) is 3.82. The van der Waals surface area contributed by atoms with Gasteiger partial charge >= 0.3 is 0 Å². The molecule has 94 valence electrons. The van der Waals surface area contributed by atoms with Crippen LogP contribution in [0.25, 0.3) is 0 Å². The lowest BCUT2D eigenvalue weighted by Gasteiger charge is -2.33. The Morgan fingerprint density at radius 2 is 1.88 bits per heavy atom. The monoisotopic (exact) mass is 224 g/mol. The highest BCUT2D eigenvalue weighted by Gasteiger charge is 2.19. The van der Waals surface area contributed by atoms with Crippen molar-refractivity contribution in [1.82, 2.24) is 10.2 Å². The van der Waals surface area contributed by atoms with Gasteiger partial charge in [0.1, 0.15) is 0 Å². The summed E-state index contributed by atoms with van der Waals surface area (Å²) in [6.07, 6.45) is 11.5. The third-order valence-electron chi connectivity index (χ3n) is 4.49. The van der Waals surface area contributed by atoms with Crippen molar-refractivity contribution in [2.45, 2.75) is 57.4 Å². The first kappa shape index (κ1) is 12.4. The second-order valence-electron chi connectivity index (χ2n) is 5.77. The van der Waals surface area contributed by atoms with Crippen molar-refractivity contribution >= 4 is 0 Å². The standard InChI is InChI=1S/C14H28N2/c1-16(14-7-3-2-4-8-14)11-9-13-6-5-10-15-12-13/h13-15H,2-12H2,1H3/t13-/m0/s1. The molecular formula is C14H28N2. The summed E-state index contributed by atoms with van der Waals surface area (Å²) in [7, 11) is 2.34. The van der Waals surface area contributed by atoms with Gasteiger partial charge in [-0.2, -0.15) is 0 Å². The minimum atomic E-state index is 0.894.